The van der Waals surface area contributed by atoms with Crippen LogP contribution >= 0.6 is 22.9 Å². The van der Waals surface area contributed by atoms with Crippen LogP contribution in [0.25, 0.3) is 10.2 Å². The number of sulfonamides is 1. The van der Waals surface area contributed by atoms with Gasteiger partial charge in [0, 0.05) is 36.8 Å². The fraction of sp³-hybridized carbons (Fsp3) is 0.333. The smallest absolute Gasteiger partial charge is 0.307 e. The SMILES string of the molecule is Cn1c(=O)sc2cc(NC(=O)C3CCN(S(=O)(=O)Cc4cccc(Cl)c4)CC3)ccc21. The van der Waals surface area contributed by atoms with Gasteiger partial charge in [0.15, 0.2) is 0 Å². The fourth-order valence-electron chi connectivity index (χ4n) is 3.78. The number of halogens is 1. The van der Waals surface area contributed by atoms with Crippen molar-refractivity contribution in [3.63, 3.8) is 0 Å². The number of rotatable bonds is 5. The molecule has 164 valence electrons. The Bertz CT molecular complexity index is 1290. The van der Waals surface area contributed by atoms with Gasteiger partial charge in [0.1, 0.15) is 0 Å². The third-order valence-corrected chi connectivity index (χ3v) is 8.60. The number of carbonyl (C=O) groups excluding carboxylic acids is 1. The highest BCUT2D eigenvalue weighted by Crippen LogP contribution is 2.25. The zero-order chi connectivity index (χ0) is 22.2. The number of aromatic nitrogens is 1. The number of fused-ring (bicyclic) bond motifs is 1. The van der Waals surface area contributed by atoms with Crippen LogP contribution in [0, 0.1) is 5.92 Å². The summed E-state index contributed by atoms with van der Waals surface area (Å²) in [6.07, 6.45) is 0.920. The molecule has 0 atom stereocenters. The zero-order valence-corrected chi connectivity index (χ0v) is 19.3. The molecule has 1 aromatic heterocycles. The molecular weight excluding hydrogens is 458 g/mol. The van der Waals surface area contributed by atoms with Crippen LogP contribution in [0.15, 0.2) is 47.3 Å². The van der Waals surface area contributed by atoms with Gasteiger partial charge < -0.3 is 9.88 Å². The zero-order valence-electron chi connectivity index (χ0n) is 16.9. The van der Waals surface area contributed by atoms with E-state index >= 15 is 0 Å². The summed E-state index contributed by atoms with van der Waals surface area (Å²) in [6, 6.07) is 12.2. The first-order valence-electron chi connectivity index (χ1n) is 9.86. The Morgan fingerprint density at radius 3 is 2.65 bits per heavy atom. The molecule has 2 aromatic carbocycles. The monoisotopic (exact) mass is 479 g/mol. The molecule has 1 saturated heterocycles. The van der Waals surface area contributed by atoms with E-state index < -0.39 is 10.0 Å². The second-order valence-corrected chi connectivity index (χ2v) is 11.1. The molecule has 0 spiro atoms. The number of aryl methyl sites for hydroxylation is 1. The maximum absolute atomic E-state index is 12.7. The minimum atomic E-state index is -3.47. The van der Waals surface area contributed by atoms with Gasteiger partial charge in [-0.25, -0.2) is 12.7 Å². The largest absolute Gasteiger partial charge is 0.326 e. The van der Waals surface area contributed by atoms with Crippen LogP contribution in [0.5, 0.6) is 0 Å². The van der Waals surface area contributed by atoms with Crippen molar-refractivity contribution >= 4 is 54.8 Å². The van der Waals surface area contributed by atoms with Gasteiger partial charge in [-0.15, -0.1) is 0 Å². The number of hydrogen-bond donors (Lipinski definition) is 1. The quantitative estimate of drug-likeness (QED) is 0.607. The van der Waals surface area contributed by atoms with Crippen molar-refractivity contribution in [2.24, 2.45) is 13.0 Å². The molecule has 1 aliphatic heterocycles. The maximum Gasteiger partial charge on any atom is 0.307 e. The lowest BCUT2D eigenvalue weighted by molar-refractivity contribution is -0.120. The summed E-state index contributed by atoms with van der Waals surface area (Å²) in [5, 5.41) is 3.41. The first kappa shape index (κ1) is 22.0. The normalized spacial score (nSPS) is 15.9. The maximum atomic E-state index is 12.7. The van der Waals surface area contributed by atoms with Crippen molar-refractivity contribution < 1.29 is 13.2 Å². The number of piperidine rings is 1. The summed E-state index contributed by atoms with van der Waals surface area (Å²) in [7, 11) is -1.76. The van der Waals surface area contributed by atoms with Crippen molar-refractivity contribution in [3.05, 3.63) is 62.7 Å². The van der Waals surface area contributed by atoms with Gasteiger partial charge in [-0.1, -0.05) is 35.1 Å². The van der Waals surface area contributed by atoms with E-state index in [1.807, 2.05) is 6.07 Å². The molecule has 7 nitrogen and oxygen atoms in total. The Morgan fingerprint density at radius 2 is 1.94 bits per heavy atom. The number of nitrogens with one attached hydrogen (secondary N) is 1. The number of amides is 1. The van der Waals surface area contributed by atoms with Crippen LogP contribution in [0.1, 0.15) is 18.4 Å². The minimum Gasteiger partial charge on any atom is -0.326 e. The predicted octanol–water partition coefficient (Wildman–Crippen LogP) is 3.43. The molecule has 1 fully saturated rings. The van der Waals surface area contributed by atoms with Crippen LogP contribution in [0.4, 0.5) is 5.69 Å². The number of benzene rings is 2. The van der Waals surface area contributed by atoms with E-state index in [2.05, 4.69) is 5.32 Å². The standard InChI is InChI=1S/C21H22ClN3O4S2/c1-24-18-6-5-17(12-19(18)30-21(24)27)23-20(26)15-7-9-25(10-8-15)31(28,29)13-14-3-2-4-16(22)11-14/h2-6,11-12,15H,7-10,13H2,1H3,(H,23,26). The van der Waals surface area contributed by atoms with Crippen molar-refractivity contribution in [2.45, 2.75) is 18.6 Å². The first-order chi connectivity index (χ1) is 14.7. The van der Waals surface area contributed by atoms with Gasteiger partial charge in [-0.2, -0.15) is 0 Å². The molecule has 1 N–H and O–H groups in total. The van der Waals surface area contributed by atoms with Crippen LogP contribution in [-0.2, 0) is 27.6 Å². The Labute approximate surface area is 189 Å². The Hall–Kier alpha value is -2.20. The van der Waals surface area contributed by atoms with E-state index in [0.29, 0.717) is 42.2 Å². The fourth-order valence-corrected chi connectivity index (χ4v) is 6.46. The molecule has 2 heterocycles. The number of carbonyl (C=O) groups is 1. The van der Waals surface area contributed by atoms with E-state index in [4.69, 9.17) is 11.6 Å². The molecular formula is C21H22ClN3O4S2. The minimum absolute atomic E-state index is 0.0511. The molecule has 0 bridgehead atoms. The number of anilines is 1. The third-order valence-electron chi connectivity index (χ3n) is 5.52. The van der Waals surface area contributed by atoms with E-state index in [0.717, 1.165) is 21.6 Å². The average Bonchev–Trinajstić information content (AvgIpc) is 3.01. The second-order valence-electron chi connectivity index (χ2n) is 7.66. The van der Waals surface area contributed by atoms with Gasteiger partial charge in [0.05, 0.1) is 16.0 Å². The van der Waals surface area contributed by atoms with Gasteiger partial charge >= 0.3 is 4.87 Å². The van der Waals surface area contributed by atoms with E-state index in [1.54, 1.807) is 48.0 Å². The van der Waals surface area contributed by atoms with E-state index in [1.165, 1.54) is 4.31 Å². The van der Waals surface area contributed by atoms with Crippen molar-refractivity contribution in [1.29, 1.82) is 0 Å². The summed E-state index contributed by atoms with van der Waals surface area (Å²) in [5.74, 6) is -0.498. The predicted molar refractivity (Wildman–Crippen MR) is 124 cm³/mol. The van der Waals surface area contributed by atoms with E-state index in [-0.39, 0.29) is 22.5 Å². The molecule has 1 amide bonds. The lowest BCUT2D eigenvalue weighted by atomic mass is 9.97. The topological polar surface area (TPSA) is 88.5 Å². The molecule has 31 heavy (non-hydrogen) atoms. The molecule has 0 unspecified atom stereocenters. The van der Waals surface area contributed by atoms with Crippen LogP contribution in [-0.4, -0.2) is 36.3 Å². The van der Waals surface area contributed by atoms with E-state index in [9.17, 15) is 18.0 Å². The summed E-state index contributed by atoms with van der Waals surface area (Å²) in [6.45, 7) is 0.612. The van der Waals surface area contributed by atoms with Crippen LogP contribution < -0.4 is 10.2 Å². The molecule has 0 radical (unpaired) electrons. The Balaban J connectivity index is 1.37. The Kier molecular flexibility index (Phi) is 6.20. The molecule has 0 aliphatic carbocycles. The van der Waals surface area contributed by atoms with Gasteiger partial charge in [0.2, 0.25) is 15.9 Å². The second kappa shape index (κ2) is 8.74. The molecule has 4 rings (SSSR count). The van der Waals surface area contributed by atoms with Gasteiger partial charge in [0.25, 0.3) is 0 Å². The highest BCUT2D eigenvalue weighted by atomic mass is 35.5. The molecule has 3 aromatic rings. The van der Waals surface area contributed by atoms with Crippen molar-refractivity contribution in [2.75, 3.05) is 18.4 Å². The highest BCUT2D eigenvalue weighted by Gasteiger charge is 2.31. The average molecular weight is 480 g/mol. The summed E-state index contributed by atoms with van der Waals surface area (Å²) < 4.78 is 29.3. The van der Waals surface area contributed by atoms with Crippen LogP contribution in [0.3, 0.4) is 0 Å². The Morgan fingerprint density at radius 1 is 1.19 bits per heavy atom. The summed E-state index contributed by atoms with van der Waals surface area (Å²) in [5.41, 5.74) is 2.10. The lowest BCUT2D eigenvalue weighted by Gasteiger charge is -2.30. The van der Waals surface area contributed by atoms with Gasteiger partial charge in [-0.3, -0.25) is 9.59 Å². The van der Waals surface area contributed by atoms with Crippen LogP contribution in [0.2, 0.25) is 5.02 Å². The number of hydrogen-bond acceptors (Lipinski definition) is 5. The van der Waals surface area contributed by atoms with Crippen molar-refractivity contribution in [3.8, 4) is 0 Å². The third kappa shape index (κ3) is 4.85. The summed E-state index contributed by atoms with van der Waals surface area (Å²) in [4.78, 5) is 24.4. The van der Waals surface area contributed by atoms with Crippen molar-refractivity contribution in [1.82, 2.24) is 8.87 Å². The molecule has 10 heteroatoms. The van der Waals surface area contributed by atoms with Gasteiger partial charge in [-0.05, 0) is 48.7 Å². The molecule has 0 saturated carbocycles. The number of nitrogens with zero attached hydrogens (tertiary/aromatic N) is 2. The first-order valence-corrected chi connectivity index (χ1v) is 12.7. The number of thiazole rings is 1. The molecule has 1 aliphatic rings. The highest BCUT2D eigenvalue weighted by molar-refractivity contribution is 7.88. The lowest BCUT2D eigenvalue weighted by Crippen LogP contribution is -2.41. The summed E-state index contributed by atoms with van der Waals surface area (Å²) >= 11 is 7.09.